The monoisotopic (exact) mass is 718 g/mol. The zero-order chi connectivity index (χ0) is 37.8. The second kappa shape index (κ2) is 15.7. The highest BCUT2D eigenvalue weighted by Crippen LogP contribution is 2.40. The topological polar surface area (TPSA) is 168 Å². The van der Waals surface area contributed by atoms with E-state index in [1.54, 1.807) is 10.8 Å². The third-order valence-corrected chi connectivity index (χ3v) is 9.39. The first-order valence-corrected chi connectivity index (χ1v) is 17.2. The van der Waals surface area contributed by atoms with E-state index in [-0.39, 0.29) is 55.9 Å². The molecule has 4 N–H and O–H groups in total. The Labute approximate surface area is 300 Å². The number of imidazole rings is 1. The highest BCUT2D eigenvalue weighted by molar-refractivity contribution is 6.12. The average Bonchev–Trinajstić information content (AvgIpc) is 3.68. The van der Waals surface area contributed by atoms with Gasteiger partial charge in [0, 0.05) is 50.0 Å². The van der Waals surface area contributed by atoms with Crippen molar-refractivity contribution < 1.29 is 37.9 Å². The number of amides is 4. The van der Waals surface area contributed by atoms with Gasteiger partial charge in [0.15, 0.2) is 5.78 Å². The van der Waals surface area contributed by atoms with Crippen LogP contribution in [0.5, 0.6) is 0 Å². The molecule has 12 nitrogen and oxygen atoms in total. The molecule has 1 fully saturated rings. The van der Waals surface area contributed by atoms with E-state index in [0.29, 0.717) is 18.7 Å². The van der Waals surface area contributed by atoms with Gasteiger partial charge in [-0.25, -0.2) is 13.8 Å². The average molecular weight is 719 g/mol. The SMILES string of the molecule is CC(C)(C)[C@H](c1nc(-c2cc(F)ccc2F)cn1Cc1ccccc1)N(CC[C@H](N)C(=O)NC1(C(=O)CCCN2C(=O)C=CC2=O)CC1)C(=O)CO. The van der Waals surface area contributed by atoms with E-state index in [0.717, 1.165) is 28.7 Å². The summed E-state index contributed by atoms with van der Waals surface area (Å²) in [5.41, 5.74) is 5.52. The Morgan fingerprint density at radius 2 is 1.73 bits per heavy atom. The van der Waals surface area contributed by atoms with Gasteiger partial charge in [-0.05, 0) is 54.9 Å². The van der Waals surface area contributed by atoms with Crippen LogP contribution in [-0.2, 0) is 30.5 Å². The van der Waals surface area contributed by atoms with Crippen LogP contribution >= 0.6 is 0 Å². The van der Waals surface area contributed by atoms with Crippen LogP contribution in [0.2, 0.25) is 0 Å². The predicted octanol–water partition coefficient (Wildman–Crippen LogP) is 3.43. The second-order valence-corrected chi connectivity index (χ2v) is 14.4. The molecular formula is C38H44F2N6O6. The van der Waals surface area contributed by atoms with Gasteiger partial charge in [-0.3, -0.25) is 28.9 Å². The summed E-state index contributed by atoms with van der Waals surface area (Å²) in [4.78, 5) is 70.7. The number of benzene rings is 2. The van der Waals surface area contributed by atoms with Crippen molar-refractivity contribution in [1.82, 2.24) is 24.7 Å². The number of aliphatic hydroxyl groups is 1. The van der Waals surface area contributed by atoms with Crippen molar-refractivity contribution in [3.63, 3.8) is 0 Å². The van der Waals surface area contributed by atoms with E-state index < -0.39 is 64.9 Å². The number of aromatic nitrogens is 2. The minimum absolute atomic E-state index is 0.0363. The van der Waals surface area contributed by atoms with Crippen molar-refractivity contribution in [3.8, 4) is 11.3 Å². The summed E-state index contributed by atoms with van der Waals surface area (Å²) in [7, 11) is 0. The molecule has 3 aromatic rings. The maximum absolute atomic E-state index is 15.0. The van der Waals surface area contributed by atoms with E-state index >= 15 is 0 Å². The van der Waals surface area contributed by atoms with Gasteiger partial charge in [-0.2, -0.15) is 0 Å². The van der Waals surface area contributed by atoms with E-state index in [1.165, 1.54) is 17.1 Å². The van der Waals surface area contributed by atoms with Crippen molar-refractivity contribution in [2.75, 3.05) is 19.7 Å². The summed E-state index contributed by atoms with van der Waals surface area (Å²) in [5.74, 6) is -3.29. The molecular weight excluding hydrogens is 674 g/mol. The first kappa shape index (κ1) is 38.2. The van der Waals surface area contributed by atoms with Gasteiger partial charge < -0.3 is 25.6 Å². The minimum atomic E-state index is -1.13. The fourth-order valence-corrected chi connectivity index (χ4v) is 6.49. The summed E-state index contributed by atoms with van der Waals surface area (Å²) in [6, 6.07) is 10.5. The molecule has 4 amide bonds. The zero-order valence-corrected chi connectivity index (χ0v) is 29.5. The lowest BCUT2D eigenvalue weighted by molar-refractivity contribution is -0.140. The fraction of sp³-hybridized carbons (Fsp3) is 0.421. The Bertz CT molecular complexity index is 1850. The van der Waals surface area contributed by atoms with Crippen LogP contribution in [0, 0.1) is 17.0 Å². The smallest absolute Gasteiger partial charge is 0.253 e. The number of carbonyl (C=O) groups is 5. The van der Waals surface area contributed by atoms with Crippen LogP contribution in [0.4, 0.5) is 8.78 Å². The number of aliphatic hydroxyl groups excluding tert-OH is 1. The van der Waals surface area contributed by atoms with Gasteiger partial charge in [0.2, 0.25) is 11.8 Å². The van der Waals surface area contributed by atoms with Crippen molar-refractivity contribution in [2.45, 2.75) is 77.0 Å². The van der Waals surface area contributed by atoms with Crippen LogP contribution in [-0.4, -0.2) is 85.1 Å². The van der Waals surface area contributed by atoms with Crippen molar-refractivity contribution in [2.24, 2.45) is 11.1 Å². The number of halogens is 2. The molecule has 0 spiro atoms. The van der Waals surface area contributed by atoms with Gasteiger partial charge in [0.25, 0.3) is 11.8 Å². The molecule has 2 aliphatic rings. The largest absolute Gasteiger partial charge is 0.387 e. The van der Waals surface area contributed by atoms with E-state index in [9.17, 15) is 37.9 Å². The number of hydrogen-bond acceptors (Lipinski definition) is 8. The van der Waals surface area contributed by atoms with Crippen LogP contribution in [0.15, 0.2) is 66.9 Å². The van der Waals surface area contributed by atoms with E-state index in [1.807, 2.05) is 51.1 Å². The third kappa shape index (κ3) is 8.68. The van der Waals surface area contributed by atoms with Crippen LogP contribution in [0.1, 0.15) is 70.3 Å². The number of nitrogens with one attached hydrogen (secondary N) is 1. The Morgan fingerprint density at radius 3 is 2.35 bits per heavy atom. The molecule has 0 unspecified atom stereocenters. The highest BCUT2D eigenvalue weighted by Gasteiger charge is 2.50. The molecule has 52 heavy (non-hydrogen) atoms. The molecule has 5 rings (SSSR count). The molecule has 0 bridgehead atoms. The first-order valence-electron chi connectivity index (χ1n) is 17.2. The summed E-state index contributed by atoms with van der Waals surface area (Å²) in [5, 5.41) is 12.9. The van der Waals surface area contributed by atoms with E-state index in [2.05, 4.69) is 5.32 Å². The molecule has 276 valence electrons. The Hall–Kier alpha value is -5.08. The predicted molar refractivity (Wildman–Crippen MR) is 187 cm³/mol. The molecule has 2 aromatic carbocycles. The maximum Gasteiger partial charge on any atom is 0.253 e. The number of hydrogen-bond donors (Lipinski definition) is 3. The normalized spacial score (nSPS) is 16.2. The molecule has 1 aromatic heterocycles. The minimum Gasteiger partial charge on any atom is -0.387 e. The first-order chi connectivity index (χ1) is 24.6. The molecule has 2 heterocycles. The van der Waals surface area contributed by atoms with Gasteiger partial charge in [-0.15, -0.1) is 0 Å². The number of nitrogens with zero attached hydrogens (tertiary/aromatic N) is 4. The van der Waals surface area contributed by atoms with Gasteiger partial charge >= 0.3 is 0 Å². The van der Waals surface area contributed by atoms with Gasteiger partial charge in [0.05, 0.1) is 23.3 Å². The number of rotatable bonds is 16. The van der Waals surface area contributed by atoms with Gasteiger partial charge in [-0.1, -0.05) is 51.1 Å². The lowest BCUT2D eigenvalue weighted by atomic mass is 9.84. The quantitative estimate of drug-likeness (QED) is 0.190. The van der Waals surface area contributed by atoms with Crippen molar-refractivity contribution in [1.29, 1.82) is 0 Å². The number of imide groups is 1. The molecule has 0 radical (unpaired) electrons. The number of carbonyl (C=O) groups excluding carboxylic acids is 5. The molecule has 2 atom stereocenters. The maximum atomic E-state index is 15.0. The Balaban J connectivity index is 1.34. The zero-order valence-electron chi connectivity index (χ0n) is 29.5. The Morgan fingerprint density at radius 1 is 1.06 bits per heavy atom. The van der Waals surface area contributed by atoms with Gasteiger partial charge in [0.1, 0.15) is 24.1 Å². The third-order valence-electron chi connectivity index (χ3n) is 9.39. The summed E-state index contributed by atoms with van der Waals surface area (Å²) >= 11 is 0. The molecule has 1 aliphatic heterocycles. The molecule has 0 saturated heterocycles. The van der Waals surface area contributed by atoms with E-state index in [4.69, 9.17) is 10.7 Å². The summed E-state index contributed by atoms with van der Waals surface area (Å²) in [6.07, 6.45) is 5.07. The second-order valence-electron chi connectivity index (χ2n) is 14.4. The fourth-order valence-electron chi connectivity index (χ4n) is 6.49. The lowest BCUT2D eigenvalue weighted by Crippen LogP contribution is -2.52. The summed E-state index contributed by atoms with van der Waals surface area (Å²) in [6.45, 7) is 5.08. The standard InChI is InChI=1S/C38H44F2N6O6/c1-37(2,3)34(35-42-29(26-20-25(39)11-12-27(26)40)22-44(35)21-24-8-5-4-6-9-24)46(33(51)23-47)19-15-28(41)36(52)43-38(16-17-38)30(48)10-7-18-45-31(49)13-14-32(45)50/h4-6,8-9,11-14,20,22,28,34,47H,7,10,15-19,21,23,41H2,1-3H3,(H,43,52)/t28-,34-/m0/s1. The highest BCUT2D eigenvalue weighted by atomic mass is 19.1. The molecule has 1 aliphatic carbocycles. The number of ketones is 1. The Kier molecular flexibility index (Phi) is 11.5. The van der Waals surface area contributed by atoms with Crippen LogP contribution < -0.4 is 11.1 Å². The van der Waals surface area contributed by atoms with Crippen molar-refractivity contribution >= 4 is 29.4 Å². The number of Topliss-reactive ketones (excluding diaryl/α,β-unsaturated/α-hetero) is 1. The lowest BCUT2D eigenvalue weighted by Gasteiger charge is -2.40. The van der Waals surface area contributed by atoms with Crippen molar-refractivity contribution in [3.05, 3.63) is 89.9 Å². The molecule has 14 heteroatoms. The van der Waals surface area contributed by atoms with Crippen LogP contribution in [0.3, 0.4) is 0 Å². The van der Waals surface area contributed by atoms with Crippen LogP contribution in [0.25, 0.3) is 11.3 Å². The summed E-state index contributed by atoms with van der Waals surface area (Å²) < 4.78 is 31.0. The molecule has 1 saturated carbocycles. The number of nitrogens with two attached hydrogens (primary N) is 1.